The summed E-state index contributed by atoms with van der Waals surface area (Å²) in [6, 6.07) is 16.3. The highest BCUT2D eigenvalue weighted by atomic mass is 79.9. The molecular formula is C19H19BrO3. The lowest BCUT2D eigenvalue weighted by atomic mass is 9.93. The normalized spacial score (nSPS) is 13.1. The van der Waals surface area contributed by atoms with Gasteiger partial charge in [0, 0.05) is 10.4 Å². The van der Waals surface area contributed by atoms with Crippen molar-refractivity contribution in [1.82, 2.24) is 0 Å². The van der Waals surface area contributed by atoms with Gasteiger partial charge in [-0.05, 0) is 36.2 Å². The summed E-state index contributed by atoms with van der Waals surface area (Å²) in [7, 11) is 0. The summed E-state index contributed by atoms with van der Waals surface area (Å²) in [5, 5.41) is 10.4. The molecule has 0 heterocycles. The van der Waals surface area contributed by atoms with E-state index >= 15 is 0 Å². The van der Waals surface area contributed by atoms with Crippen LogP contribution in [-0.4, -0.2) is 17.7 Å². The molecule has 1 N–H and O–H groups in total. The van der Waals surface area contributed by atoms with Crippen LogP contribution in [0.1, 0.15) is 28.4 Å². The number of ether oxygens (including phenoxy) is 1. The molecule has 4 heteroatoms. The maximum Gasteiger partial charge on any atom is 0.338 e. The molecule has 23 heavy (non-hydrogen) atoms. The van der Waals surface area contributed by atoms with E-state index in [1.165, 1.54) is 0 Å². The van der Waals surface area contributed by atoms with Crippen LogP contribution in [0.5, 0.6) is 0 Å². The van der Waals surface area contributed by atoms with Crippen LogP contribution in [0.4, 0.5) is 0 Å². The average molecular weight is 375 g/mol. The molecule has 0 radical (unpaired) electrons. The van der Waals surface area contributed by atoms with Crippen molar-refractivity contribution in [3.8, 4) is 0 Å². The fourth-order valence-electron chi connectivity index (χ4n) is 2.26. The van der Waals surface area contributed by atoms with E-state index in [-0.39, 0.29) is 18.5 Å². The van der Waals surface area contributed by atoms with E-state index in [0.29, 0.717) is 12.0 Å². The third-order valence-electron chi connectivity index (χ3n) is 3.61. The highest BCUT2D eigenvalue weighted by molar-refractivity contribution is 9.10. The molecule has 0 aliphatic carbocycles. The number of carbonyl (C=O) groups excluding carboxylic acids is 1. The van der Waals surface area contributed by atoms with Gasteiger partial charge >= 0.3 is 5.97 Å². The molecule has 2 aromatic carbocycles. The number of aliphatic hydroxyl groups excluding tert-OH is 1. The number of rotatable bonds is 7. The van der Waals surface area contributed by atoms with Gasteiger partial charge in [0.25, 0.3) is 0 Å². The Bertz CT molecular complexity index is 637. The van der Waals surface area contributed by atoms with Gasteiger partial charge < -0.3 is 9.84 Å². The van der Waals surface area contributed by atoms with Gasteiger partial charge in [-0.25, -0.2) is 4.79 Å². The maximum absolute atomic E-state index is 11.9. The minimum Gasteiger partial charge on any atom is -0.462 e. The molecule has 2 rings (SSSR count). The standard InChI is InChI=1S/C19H19BrO3/c1-2-14(18(21)15-8-10-17(20)11-9-15)12-13-23-19(22)16-6-4-3-5-7-16/h2-11,14,18,21H,1,12-13H2. The van der Waals surface area contributed by atoms with E-state index in [0.717, 1.165) is 10.0 Å². The Hall–Kier alpha value is -1.91. The van der Waals surface area contributed by atoms with E-state index in [2.05, 4.69) is 22.5 Å². The summed E-state index contributed by atoms with van der Waals surface area (Å²) >= 11 is 3.37. The lowest BCUT2D eigenvalue weighted by molar-refractivity contribution is 0.0441. The topological polar surface area (TPSA) is 46.5 Å². The summed E-state index contributed by atoms with van der Waals surface area (Å²) in [6.45, 7) is 4.01. The predicted octanol–water partition coefficient (Wildman–Crippen LogP) is 4.53. The van der Waals surface area contributed by atoms with Gasteiger partial charge in [-0.1, -0.05) is 52.3 Å². The molecule has 0 saturated carbocycles. The second-order valence-corrected chi connectivity index (χ2v) is 6.10. The van der Waals surface area contributed by atoms with Gasteiger partial charge in [-0.15, -0.1) is 6.58 Å². The second kappa shape index (κ2) is 8.65. The largest absolute Gasteiger partial charge is 0.462 e. The molecule has 0 aromatic heterocycles. The van der Waals surface area contributed by atoms with Crippen LogP contribution in [0.25, 0.3) is 0 Å². The summed E-state index contributed by atoms with van der Waals surface area (Å²) in [5.41, 5.74) is 1.34. The predicted molar refractivity (Wildman–Crippen MR) is 94.1 cm³/mol. The minimum atomic E-state index is -0.670. The Morgan fingerprint density at radius 3 is 2.43 bits per heavy atom. The molecule has 0 amide bonds. The van der Waals surface area contributed by atoms with E-state index < -0.39 is 6.10 Å². The highest BCUT2D eigenvalue weighted by Crippen LogP contribution is 2.26. The van der Waals surface area contributed by atoms with Gasteiger partial charge in [-0.2, -0.15) is 0 Å². The number of aliphatic hydroxyl groups is 1. The number of hydrogen-bond donors (Lipinski definition) is 1. The molecule has 0 spiro atoms. The first kappa shape index (κ1) is 17.4. The molecule has 120 valence electrons. The monoisotopic (exact) mass is 374 g/mol. The highest BCUT2D eigenvalue weighted by Gasteiger charge is 2.18. The van der Waals surface area contributed by atoms with Gasteiger partial charge in [0.2, 0.25) is 0 Å². The summed E-state index contributed by atoms with van der Waals surface area (Å²) in [5.74, 6) is -0.536. The molecule has 0 fully saturated rings. The number of hydrogen-bond acceptors (Lipinski definition) is 3. The number of esters is 1. The number of halogens is 1. The van der Waals surface area contributed by atoms with Crippen molar-refractivity contribution >= 4 is 21.9 Å². The van der Waals surface area contributed by atoms with E-state index in [1.54, 1.807) is 30.3 Å². The van der Waals surface area contributed by atoms with Gasteiger partial charge in [0.15, 0.2) is 0 Å². The summed E-state index contributed by atoms with van der Waals surface area (Å²) in [4.78, 5) is 11.9. The first-order chi connectivity index (χ1) is 11.1. The molecule has 0 saturated heterocycles. The number of benzene rings is 2. The third-order valence-corrected chi connectivity index (χ3v) is 4.14. The number of carbonyl (C=O) groups is 1. The Morgan fingerprint density at radius 1 is 1.17 bits per heavy atom. The van der Waals surface area contributed by atoms with Crippen molar-refractivity contribution in [2.45, 2.75) is 12.5 Å². The smallest absolute Gasteiger partial charge is 0.338 e. The van der Waals surface area contributed by atoms with E-state index in [9.17, 15) is 9.90 Å². The maximum atomic E-state index is 11.9. The SMILES string of the molecule is C=CC(CCOC(=O)c1ccccc1)C(O)c1ccc(Br)cc1. The van der Waals surface area contributed by atoms with E-state index in [1.807, 2.05) is 30.3 Å². The molecule has 2 aromatic rings. The van der Waals surface area contributed by atoms with Crippen LogP contribution < -0.4 is 0 Å². The van der Waals surface area contributed by atoms with E-state index in [4.69, 9.17) is 4.74 Å². The molecule has 3 nitrogen and oxygen atoms in total. The average Bonchev–Trinajstić information content (AvgIpc) is 2.59. The Labute approximate surface area is 144 Å². The van der Waals surface area contributed by atoms with Crippen LogP contribution in [-0.2, 0) is 4.74 Å². The fraction of sp³-hybridized carbons (Fsp3) is 0.211. The molecular weight excluding hydrogens is 356 g/mol. The van der Waals surface area contributed by atoms with Gasteiger partial charge in [-0.3, -0.25) is 0 Å². The molecule has 2 unspecified atom stereocenters. The summed E-state index contributed by atoms with van der Waals surface area (Å²) in [6.07, 6.45) is 1.54. The van der Waals surface area contributed by atoms with Crippen molar-refractivity contribution in [2.24, 2.45) is 5.92 Å². The Morgan fingerprint density at radius 2 is 1.83 bits per heavy atom. The minimum absolute atomic E-state index is 0.181. The second-order valence-electron chi connectivity index (χ2n) is 5.19. The Kier molecular flexibility index (Phi) is 6.56. The molecule has 0 bridgehead atoms. The third kappa shape index (κ3) is 5.05. The van der Waals surface area contributed by atoms with Crippen molar-refractivity contribution in [3.63, 3.8) is 0 Å². The van der Waals surface area contributed by atoms with Gasteiger partial charge in [0.05, 0.1) is 18.3 Å². The van der Waals surface area contributed by atoms with Gasteiger partial charge in [0.1, 0.15) is 0 Å². The molecule has 2 atom stereocenters. The summed E-state index contributed by atoms with van der Waals surface area (Å²) < 4.78 is 6.22. The van der Waals surface area contributed by atoms with Crippen LogP contribution >= 0.6 is 15.9 Å². The van der Waals surface area contributed by atoms with Crippen LogP contribution in [0.15, 0.2) is 71.7 Å². The van der Waals surface area contributed by atoms with Crippen molar-refractivity contribution in [3.05, 3.63) is 82.9 Å². The fourth-order valence-corrected chi connectivity index (χ4v) is 2.52. The zero-order valence-electron chi connectivity index (χ0n) is 12.7. The molecule has 0 aliphatic rings. The quantitative estimate of drug-likeness (QED) is 0.571. The van der Waals surface area contributed by atoms with Crippen LogP contribution in [0.2, 0.25) is 0 Å². The van der Waals surface area contributed by atoms with Crippen molar-refractivity contribution in [1.29, 1.82) is 0 Å². The molecule has 0 aliphatic heterocycles. The first-order valence-corrected chi connectivity index (χ1v) is 8.19. The lowest BCUT2D eigenvalue weighted by Crippen LogP contribution is -2.15. The van der Waals surface area contributed by atoms with Crippen LogP contribution in [0.3, 0.4) is 0 Å². The Balaban J connectivity index is 1.88. The lowest BCUT2D eigenvalue weighted by Gasteiger charge is -2.20. The first-order valence-electron chi connectivity index (χ1n) is 7.40. The van der Waals surface area contributed by atoms with Crippen LogP contribution in [0, 0.1) is 5.92 Å². The zero-order valence-corrected chi connectivity index (χ0v) is 14.3. The van der Waals surface area contributed by atoms with Crippen molar-refractivity contribution < 1.29 is 14.6 Å². The zero-order chi connectivity index (χ0) is 16.7. The van der Waals surface area contributed by atoms with Crippen molar-refractivity contribution in [2.75, 3.05) is 6.61 Å².